The van der Waals surface area contributed by atoms with Crippen LogP contribution in [0.3, 0.4) is 0 Å². The molecule has 0 saturated heterocycles. The van der Waals surface area contributed by atoms with Gasteiger partial charge in [0.1, 0.15) is 18.2 Å². The monoisotopic (exact) mass is 323 g/mol. The van der Waals surface area contributed by atoms with E-state index in [1.165, 1.54) is 11.3 Å². The van der Waals surface area contributed by atoms with Crippen molar-refractivity contribution < 1.29 is 4.74 Å². The van der Waals surface area contributed by atoms with Crippen molar-refractivity contribution >= 4 is 16.7 Å². The lowest BCUT2D eigenvalue weighted by Crippen LogP contribution is -2.13. The summed E-state index contributed by atoms with van der Waals surface area (Å²) in [4.78, 5) is 4.88. The van der Waals surface area contributed by atoms with Crippen LogP contribution in [0.4, 0.5) is 5.69 Å². The van der Waals surface area contributed by atoms with Crippen molar-refractivity contribution in [2.75, 3.05) is 12.3 Å². The Bertz CT molecular complexity index is 788. The number of nitrogen functional groups attached to an aromatic ring is 1. The van der Waals surface area contributed by atoms with Crippen molar-refractivity contribution in [2.24, 2.45) is 0 Å². The second-order valence-electron chi connectivity index (χ2n) is 6.04. The van der Waals surface area contributed by atoms with Crippen molar-refractivity contribution in [3.63, 3.8) is 0 Å². The Morgan fingerprint density at radius 2 is 1.75 bits per heavy atom. The van der Waals surface area contributed by atoms with Gasteiger partial charge in [-0.3, -0.25) is 0 Å². The quantitative estimate of drug-likeness (QED) is 0.646. The van der Waals surface area contributed by atoms with Gasteiger partial charge in [-0.15, -0.1) is 0 Å². The average molecular weight is 323 g/mol. The third-order valence-electron chi connectivity index (χ3n) is 4.50. The Labute approximate surface area is 143 Å². The topological polar surface area (TPSA) is 53.1 Å². The van der Waals surface area contributed by atoms with Gasteiger partial charge in [-0.1, -0.05) is 26.0 Å². The van der Waals surface area contributed by atoms with Crippen molar-refractivity contribution in [2.45, 2.75) is 39.2 Å². The molecular weight excluding hydrogens is 298 g/mol. The lowest BCUT2D eigenvalue weighted by molar-refractivity contribution is 0.296. The average Bonchev–Trinajstić information content (AvgIpc) is 2.97. The molecule has 0 unspecified atom stereocenters. The maximum Gasteiger partial charge on any atom is 0.119 e. The molecule has 1 heterocycles. The van der Waals surface area contributed by atoms with Gasteiger partial charge in [0.05, 0.1) is 17.6 Å². The van der Waals surface area contributed by atoms with Gasteiger partial charge < -0.3 is 15.0 Å². The molecule has 0 aliphatic heterocycles. The standard InChI is InChI=1S/C20H25N3O/c1-3-15(4-2)20-22-18-7-5-6-8-19(18)23(20)13-14-24-17-11-9-16(21)10-12-17/h5-12,15H,3-4,13-14,21H2,1-2H3. The smallest absolute Gasteiger partial charge is 0.119 e. The van der Waals surface area contributed by atoms with E-state index in [1.807, 2.05) is 30.3 Å². The van der Waals surface area contributed by atoms with E-state index in [0.717, 1.165) is 36.3 Å². The number of nitrogens with two attached hydrogens (primary N) is 1. The first-order chi connectivity index (χ1) is 11.7. The molecular formula is C20H25N3O. The Balaban J connectivity index is 1.81. The number of hydrogen-bond acceptors (Lipinski definition) is 3. The summed E-state index contributed by atoms with van der Waals surface area (Å²) in [6.07, 6.45) is 2.19. The molecule has 0 amide bonds. The number of rotatable bonds is 7. The van der Waals surface area contributed by atoms with E-state index in [1.54, 1.807) is 0 Å². The van der Waals surface area contributed by atoms with Gasteiger partial charge in [-0.2, -0.15) is 0 Å². The fourth-order valence-corrected chi connectivity index (χ4v) is 3.11. The van der Waals surface area contributed by atoms with Crippen LogP contribution < -0.4 is 10.5 Å². The van der Waals surface area contributed by atoms with Crippen LogP contribution in [0.1, 0.15) is 38.4 Å². The minimum absolute atomic E-state index is 0.480. The van der Waals surface area contributed by atoms with E-state index < -0.39 is 0 Å². The molecule has 2 N–H and O–H groups in total. The van der Waals surface area contributed by atoms with Crippen LogP contribution in [-0.2, 0) is 6.54 Å². The van der Waals surface area contributed by atoms with E-state index >= 15 is 0 Å². The van der Waals surface area contributed by atoms with Crippen LogP contribution in [0, 0.1) is 0 Å². The normalized spacial score (nSPS) is 11.3. The van der Waals surface area contributed by atoms with Gasteiger partial charge >= 0.3 is 0 Å². The molecule has 1 aromatic heterocycles. The van der Waals surface area contributed by atoms with Crippen molar-refractivity contribution in [1.29, 1.82) is 0 Å². The molecule has 2 aromatic carbocycles. The molecule has 0 bridgehead atoms. The third-order valence-corrected chi connectivity index (χ3v) is 4.50. The maximum atomic E-state index is 5.88. The minimum atomic E-state index is 0.480. The van der Waals surface area contributed by atoms with E-state index in [4.69, 9.17) is 15.5 Å². The van der Waals surface area contributed by atoms with Crippen LogP contribution >= 0.6 is 0 Å². The van der Waals surface area contributed by atoms with Gasteiger partial charge in [0, 0.05) is 11.6 Å². The molecule has 0 aliphatic carbocycles. The van der Waals surface area contributed by atoms with Crippen molar-refractivity contribution in [3.8, 4) is 5.75 Å². The SMILES string of the molecule is CCC(CC)c1nc2ccccc2n1CCOc1ccc(N)cc1. The summed E-state index contributed by atoms with van der Waals surface area (Å²) in [5.41, 5.74) is 8.70. The molecule has 0 radical (unpaired) electrons. The Morgan fingerprint density at radius 3 is 2.46 bits per heavy atom. The predicted octanol–water partition coefficient (Wildman–Crippen LogP) is 4.60. The molecule has 3 rings (SSSR count). The maximum absolute atomic E-state index is 5.88. The summed E-state index contributed by atoms with van der Waals surface area (Å²) < 4.78 is 8.19. The van der Waals surface area contributed by atoms with Crippen LogP contribution in [-0.4, -0.2) is 16.2 Å². The zero-order valence-corrected chi connectivity index (χ0v) is 14.4. The number of anilines is 1. The highest BCUT2D eigenvalue weighted by molar-refractivity contribution is 5.76. The lowest BCUT2D eigenvalue weighted by atomic mass is 10.0. The highest BCUT2D eigenvalue weighted by Crippen LogP contribution is 2.26. The molecule has 0 spiro atoms. The number of para-hydroxylation sites is 2. The number of ether oxygens (including phenoxy) is 1. The zero-order chi connectivity index (χ0) is 16.9. The third kappa shape index (κ3) is 3.37. The number of aromatic nitrogens is 2. The summed E-state index contributed by atoms with van der Waals surface area (Å²) in [5.74, 6) is 2.49. The van der Waals surface area contributed by atoms with Crippen molar-refractivity contribution in [3.05, 3.63) is 54.4 Å². The molecule has 0 saturated carbocycles. The van der Waals surface area contributed by atoms with Crippen LogP contribution in [0.15, 0.2) is 48.5 Å². The number of hydrogen-bond donors (Lipinski definition) is 1. The van der Waals surface area contributed by atoms with Gasteiger partial charge in [0.2, 0.25) is 0 Å². The lowest BCUT2D eigenvalue weighted by Gasteiger charge is -2.16. The Morgan fingerprint density at radius 1 is 1.04 bits per heavy atom. The van der Waals surface area contributed by atoms with Gasteiger partial charge in [-0.05, 0) is 49.2 Å². The molecule has 0 atom stereocenters. The van der Waals surface area contributed by atoms with Crippen LogP contribution in [0.25, 0.3) is 11.0 Å². The largest absolute Gasteiger partial charge is 0.492 e. The predicted molar refractivity (Wildman–Crippen MR) is 99.4 cm³/mol. The fraction of sp³-hybridized carbons (Fsp3) is 0.350. The Kier molecular flexibility index (Phi) is 5.04. The Hall–Kier alpha value is -2.49. The number of fused-ring (bicyclic) bond motifs is 1. The van der Waals surface area contributed by atoms with Gasteiger partial charge in [0.25, 0.3) is 0 Å². The van der Waals surface area contributed by atoms with E-state index in [2.05, 4.69) is 36.6 Å². The van der Waals surface area contributed by atoms with Crippen LogP contribution in [0.5, 0.6) is 5.75 Å². The van der Waals surface area contributed by atoms with E-state index in [9.17, 15) is 0 Å². The molecule has 0 aliphatic rings. The molecule has 126 valence electrons. The summed E-state index contributed by atoms with van der Waals surface area (Å²) in [5, 5.41) is 0. The summed E-state index contributed by atoms with van der Waals surface area (Å²) in [6, 6.07) is 15.9. The van der Waals surface area contributed by atoms with E-state index in [0.29, 0.717) is 12.5 Å². The number of imidazole rings is 1. The second-order valence-corrected chi connectivity index (χ2v) is 6.04. The second kappa shape index (κ2) is 7.39. The molecule has 0 fully saturated rings. The summed E-state index contributed by atoms with van der Waals surface area (Å²) >= 11 is 0. The first kappa shape index (κ1) is 16.4. The van der Waals surface area contributed by atoms with E-state index in [-0.39, 0.29) is 0 Å². The molecule has 4 heteroatoms. The zero-order valence-electron chi connectivity index (χ0n) is 14.4. The minimum Gasteiger partial charge on any atom is -0.492 e. The van der Waals surface area contributed by atoms with Gasteiger partial charge in [-0.25, -0.2) is 4.98 Å². The van der Waals surface area contributed by atoms with Crippen molar-refractivity contribution in [1.82, 2.24) is 9.55 Å². The first-order valence-corrected chi connectivity index (χ1v) is 8.66. The van der Waals surface area contributed by atoms with Crippen LogP contribution in [0.2, 0.25) is 0 Å². The highest BCUT2D eigenvalue weighted by atomic mass is 16.5. The first-order valence-electron chi connectivity index (χ1n) is 8.66. The summed E-state index contributed by atoms with van der Waals surface area (Å²) in [6.45, 7) is 5.85. The molecule has 3 aromatic rings. The fourth-order valence-electron chi connectivity index (χ4n) is 3.11. The number of nitrogens with zero attached hydrogens (tertiary/aromatic N) is 2. The highest BCUT2D eigenvalue weighted by Gasteiger charge is 2.17. The molecule has 24 heavy (non-hydrogen) atoms. The van der Waals surface area contributed by atoms with Gasteiger partial charge in [0.15, 0.2) is 0 Å². The number of benzene rings is 2. The molecule has 4 nitrogen and oxygen atoms in total. The summed E-state index contributed by atoms with van der Waals surface area (Å²) in [7, 11) is 0.